The summed E-state index contributed by atoms with van der Waals surface area (Å²) >= 11 is 5.36. The first kappa shape index (κ1) is 17.5. The number of nitrogens with one attached hydrogen (secondary N) is 1. The second-order valence-electron chi connectivity index (χ2n) is 6.20. The number of nitrogens with zero attached hydrogens (tertiary/aromatic N) is 2. The third-order valence-corrected chi connectivity index (χ3v) is 6.29. The largest absolute Gasteiger partial charge is 0.493 e. The first-order valence-electron chi connectivity index (χ1n) is 8.21. The first-order chi connectivity index (χ1) is 12.6. The maximum absolute atomic E-state index is 12.5. The number of hydrogen-bond acceptors (Lipinski definition) is 6. The predicted molar refractivity (Wildman–Crippen MR) is 105 cm³/mol. The quantitative estimate of drug-likeness (QED) is 0.680. The minimum atomic E-state index is -0.165. The van der Waals surface area contributed by atoms with E-state index in [4.69, 9.17) is 9.47 Å². The highest BCUT2D eigenvalue weighted by Crippen LogP contribution is 2.32. The summed E-state index contributed by atoms with van der Waals surface area (Å²) in [5, 5.41) is 0.495. The number of aromatic nitrogens is 2. The van der Waals surface area contributed by atoms with E-state index in [0.717, 1.165) is 19.5 Å². The highest BCUT2D eigenvalue weighted by atomic mass is 79.9. The number of ether oxygens (including phenoxy) is 2. The number of fused-ring (bicyclic) bond motifs is 2. The van der Waals surface area contributed by atoms with Crippen LogP contribution in [-0.4, -0.2) is 35.6 Å². The van der Waals surface area contributed by atoms with Crippen LogP contribution in [0.3, 0.4) is 0 Å². The standard InChI is InChI=1S/C18H18BrN3O3S/c1-24-13-6-11-12(7-14(13)25-2)20-17(21-18(11)23)9-22-4-3-15-10(8-22)5-16(19)26-15/h5-7H,3-4,8-9H2,1-2H3,(H,20,21,23). The van der Waals surface area contributed by atoms with Gasteiger partial charge in [0.15, 0.2) is 11.5 Å². The number of halogens is 1. The fourth-order valence-corrected chi connectivity index (χ4v) is 5.04. The molecule has 1 aliphatic rings. The van der Waals surface area contributed by atoms with E-state index in [-0.39, 0.29) is 5.56 Å². The average molecular weight is 436 g/mol. The fourth-order valence-electron chi connectivity index (χ4n) is 3.29. The maximum atomic E-state index is 12.5. The van der Waals surface area contributed by atoms with Gasteiger partial charge in [0, 0.05) is 24.0 Å². The van der Waals surface area contributed by atoms with Gasteiger partial charge in [-0.05, 0) is 40.0 Å². The van der Waals surface area contributed by atoms with Crippen LogP contribution in [0.25, 0.3) is 10.9 Å². The molecule has 0 atom stereocenters. The van der Waals surface area contributed by atoms with Gasteiger partial charge in [-0.15, -0.1) is 11.3 Å². The molecule has 2 aromatic heterocycles. The molecule has 0 fully saturated rings. The van der Waals surface area contributed by atoms with Crippen molar-refractivity contribution < 1.29 is 9.47 Å². The average Bonchev–Trinajstić information content (AvgIpc) is 3.00. The van der Waals surface area contributed by atoms with Crippen molar-refractivity contribution in [3.8, 4) is 11.5 Å². The fraction of sp³-hybridized carbons (Fsp3) is 0.333. The van der Waals surface area contributed by atoms with Crippen molar-refractivity contribution in [1.29, 1.82) is 0 Å². The highest BCUT2D eigenvalue weighted by Gasteiger charge is 2.20. The van der Waals surface area contributed by atoms with Crippen LogP contribution in [-0.2, 0) is 19.5 Å². The van der Waals surface area contributed by atoms with Gasteiger partial charge in [0.1, 0.15) is 5.82 Å². The lowest BCUT2D eigenvalue weighted by Gasteiger charge is -2.26. The summed E-state index contributed by atoms with van der Waals surface area (Å²) in [5.74, 6) is 1.74. The number of rotatable bonds is 4. The van der Waals surface area contributed by atoms with E-state index in [9.17, 15) is 4.79 Å². The normalized spacial score (nSPS) is 14.4. The molecular formula is C18H18BrN3O3S. The Balaban J connectivity index is 1.64. The molecule has 1 N–H and O–H groups in total. The molecule has 6 nitrogen and oxygen atoms in total. The number of methoxy groups -OCH3 is 2. The monoisotopic (exact) mass is 435 g/mol. The Kier molecular flexibility index (Phi) is 4.73. The molecular weight excluding hydrogens is 418 g/mol. The van der Waals surface area contributed by atoms with E-state index in [1.165, 1.54) is 14.2 Å². The lowest BCUT2D eigenvalue weighted by atomic mass is 10.1. The van der Waals surface area contributed by atoms with E-state index in [1.807, 2.05) is 0 Å². The number of thiophene rings is 1. The molecule has 0 amide bonds. The zero-order chi connectivity index (χ0) is 18.3. The summed E-state index contributed by atoms with van der Waals surface area (Å²) in [6.45, 7) is 2.42. The smallest absolute Gasteiger partial charge is 0.258 e. The Morgan fingerprint density at radius 3 is 2.81 bits per heavy atom. The van der Waals surface area contributed by atoms with Crippen LogP contribution in [0, 0.1) is 0 Å². The molecule has 8 heteroatoms. The Labute approximate surface area is 162 Å². The van der Waals surface area contributed by atoms with Gasteiger partial charge in [0.2, 0.25) is 0 Å². The first-order valence-corrected chi connectivity index (χ1v) is 9.82. The van der Waals surface area contributed by atoms with Gasteiger partial charge in [-0.1, -0.05) is 0 Å². The topological polar surface area (TPSA) is 67.5 Å². The van der Waals surface area contributed by atoms with E-state index in [0.29, 0.717) is 34.8 Å². The maximum Gasteiger partial charge on any atom is 0.258 e. The highest BCUT2D eigenvalue weighted by molar-refractivity contribution is 9.11. The zero-order valence-corrected chi connectivity index (χ0v) is 16.9. The number of hydrogen-bond donors (Lipinski definition) is 1. The summed E-state index contributed by atoms with van der Waals surface area (Å²) in [7, 11) is 3.12. The SMILES string of the molecule is COc1cc2nc(CN3CCc4sc(Br)cc4C3)[nH]c(=O)c2cc1OC. The van der Waals surface area contributed by atoms with Crippen molar-refractivity contribution in [2.45, 2.75) is 19.5 Å². The second kappa shape index (κ2) is 7.02. The number of H-pyrrole nitrogens is 1. The Hall–Kier alpha value is -1.90. The molecule has 136 valence electrons. The molecule has 1 aliphatic heterocycles. The van der Waals surface area contributed by atoms with Gasteiger partial charge in [-0.25, -0.2) is 4.98 Å². The molecule has 0 unspecified atom stereocenters. The second-order valence-corrected chi connectivity index (χ2v) is 8.71. The third-order valence-electron chi connectivity index (χ3n) is 4.55. The molecule has 3 heterocycles. The number of benzene rings is 1. The Morgan fingerprint density at radius 2 is 2.04 bits per heavy atom. The lowest BCUT2D eigenvalue weighted by molar-refractivity contribution is 0.241. The van der Waals surface area contributed by atoms with E-state index < -0.39 is 0 Å². The molecule has 3 aromatic rings. The molecule has 0 saturated heterocycles. The molecule has 0 saturated carbocycles. The molecule has 26 heavy (non-hydrogen) atoms. The van der Waals surface area contributed by atoms with Crippen LogP contribution in [0.5, 0.6) is 11.5 Å². The summed E-state index contributed by atoms with van der Waals surface area (Å²) in [6.07, 6.45) is 1.02. The Bertz CT molecular complexity index is 1030. The minimum Gasteiger partial charge on any atom is -0.493 e. The van der Waals surface area contributed by atoms with Crippen LogP contribution in [0.4, 0.5) is 0 Å². The van der Waals surface area contributed by atoms with Crippen molar-refractivity contribution in [1.82, 2.24) is 14.9 Å². The van der Waals surface area contributed by atoms with Gasteiger partial charge < -0.3 is 14.5 Å². The van der Waals surface area contributed by atoms with E-state index in [1.54, 1.807) is 37.7 Å². The lowest BCUT2D eigenvalue weighted by Crippen LogP contribution is -2.30. The summed E-state index contributed by atoms with van der Waals surface area (Å²) < 4.78 is 11.8. The number of aromatic amines is 1. The summed E-state index contributed by atoms with van der Waals surface area (Å²) in [4.78, 5) is 23.8. The van der Waals surface area contributed by atoms with Crippen molar-refractivity contribution in [3.63, 3.8) is 0 Å². The molecule has 4 rings (SSSR count). The van der Waals surface area contributed by atoms with Crippen LogP contribution in [0.15, 0.2) is 26.8 Å². The van der Waals surface area contributed by atoms with Crippen LogP contribution in [0.1, 0.15) is 16.3 Å². The molecule has 1 aromatic carbocycles. The molecule has 0 aliphatic carbocycles. The van der Waals surface area contributed by atoms with E-state index >= 15 is 0 Å². The van der Waals surface area contributed by atoms with Crippen LogP contribution >= 0.6 is 27.3 Å². The summed E-state index contributed by atoms with van der Waals surface area (Å²) in [6, 6.07) is 5.59. The van der Waals surface area contributed by atoms with Crippen LogP contribution < -0.4 is 15.0 Å². The molecule has 0 radical (unpaired) electrons. The van der Waals surface area contributed by atoms with Crippen molar-refractivity contribution in [3.05, 3.63) is 48.6 Å². The van der Waals surface area contributed by atoms with Gasteiger partial charge in [0.25, 0.3) is 5.56 Å². The summed E-state index contributed by atoms with van der Waals surface area (Å²) in [5.41, 5.74) is 1.79. The van der Waals surface area contributed by atoms with Gasteiger partial charge >= 0.3 is 0 Å². The minimum absolute atomic E-state index is 0.165. The predicted octanol–water partition coefficient (Wildman–Crippen LogP) is 3.32. The van der Waals surface area contributed by atoms with Gasteiger partial charge in [-0.3, -0.25) is 9.69 Å². The van der Waals surface area contributed by atoms with E-state index in [2.05, 4.69) is 36.9 Å². The van der Waals surface area contributed by atoms with Crippen molar-refractivity contribution >= 4 is 38.2 Å². The van der Waals surface area contributed by atoms with Crippen LogP contribution in [0.2, 0.25) is 0 Å². The molecule has 0 spiro atoms. The Morgan fingerprint density at radius 1 is 1.27 bits per heavy atom. The van der Waals surface area contributed by atoms with Crippen molar-refractivity contribution in [2.24, 2.45) is 0 Å². The van der Waals surface area contributed by atoms with Crippen molar-refractivity contribution in [2.75, 3.05) is 20.8 Å². The third kappa shape index (κ3) is 3.24. The van der Waals surface area contributed by atoms with Gasteiger partial charge in [0.05, 0.1) is 35.5 Å². The zero-order valence-electron chi connectivity index (χ0n) is 14.5. The molecule has 0 bridgehead atoms. The van der Waals surface area contributed by atoms with Gasteiger partial charge in [-0.2, -0.15) is 0 Å².